The molecule has 0 fully saturated rings. The zero-order valence-corrected chi connectivity index (χ0v) is 12.8. The van der Waals surface area contributed by atoms with Gasteiger partial charge in [0.1, 0.15) is 22.9 Å². The van der Waals surface area contributed by atoms with Gasteiger partial charge in [0.15, 0.2) is 0 Å². The molecule has 24 heavy (non-hydrogen) atoms. The van der Waals surface area contributed by atoms with Gasteiger partial charge < -0.3 is 20.8 Å². The van der Waals surface area contributed by atoms with Gasteiger partial charge in [0.25, 0.3) is 10.9 Å². The Hall–Kier alpha value is -3.35. The zero-order chi connectivity index (χ0) is 17.3. The van der Waals surface area contributed by atoms with E-state index in [1.807, 2.05) is 0 Å². The maximum absolute atomic E-state index is 11.8. The summed E-state index contributed by atoms with van der Waals surface area (Å²) in [7, 11) is 0. The first kappa shape index (κ1) is 15.5. The second-order valence-electron chi connectivity index (χ2n) is 5.38. The van der Waals surface area contributed by atoms with Gasteiger partial charge in [-0.15, -0.1) is 0 Å². The second-order valence-corrected chi connectivity index (χ2v) is 5.38. The lowest BCUT2D eigenvalue weighted by Crippen LogP contribution is -2.37. The van der Waals surface area contributed by atoms with Crippen molar-refractivity contribution < 1.29 is 10.2 Å². The van der Waals surface area contributed by atoms with Crippen molar-refractivity contribution in [2.75, 3.05) is 10.6 Å². The Bertz CT molecular complexity index is 946. The molecule has 0 saturated heterocycles. The van der Waals surface area contributed by atoms with E-state index in [4.69, 9.17) is 0 Å². The van der Waals surface area contributed by atoms with Gasteiger partial charge in [0.05, 0.1) is 6.04 Å². The summed E-state index contributed by atoms with van der Waals surface area (Å²) in [6.07, 6.45) is 3.13. The lowest BCUT2D eigenvalue weighted by molar-refractivity contribution is 0.451. The van der Waals surface area contributed by atoms with E-state index in [-0.39, 0.29) is 22.9 Å². The average molecular weight is 325 g/mol. The van der Waals surface area contributed by atoms with Crippen LogP contribution in [0.4, 0.5) is 17.1 Å². The van der Waals surface area contributed by atoms with Crippen LogP contribution in [0, 0.1) is 0 Å². The Balaban J connectivity index is 1.86. The molecule has 0 aliphatic rings. The minimum atomic E-state index is -0.627. The Labute approximate surface area is 136 Å². The van der Waals surface area contributed by atoms with Crippen LogP contribution in [0.2, 0.25) is 0 Å². The number of aromatic hydroxyl groups is 2. The molecule has 2 aromatic carbocycles. The average Bonchev–Trinajstić information content (AvgIpc) is 2.60. The number of rotatable bonds is 5. The summed E-state index contributed by atoms with van der Waals surface area (Å²) in [5, 5.41) is 25.2. The third kappa shape index (κ3) is 2.79. The van der Waals surface area contributed by atoms with Crippen molar-refractivity contribution >= 4 is 17.1 Å². The molecule has 3 rings (SSSR count). The number of phenolic OH excluding ortho intramolecular Hbond substituents is 2. The summed E-state index contributed by atoms with van der Waals surface area (Å²) < 4.78 is 0. The van der Waals surface area contributed by atoms with Crippen LogP contribution in [-0.4, -0.2) is 15.2 Å². The van der Waals surface area contributed by atoms with Crippen molar-refractivity contribution in [2.45, 2.75) is 13.0 Å². The molecule has 0 amide bonds. The first-order chi connectivity index (χ1) is 11.5. The normalized spacial score (nSPS) is 12.0. The maximum atomic E-state index is 11.8. The van der Waals surface area contributed by atoms with Gasteiger partial charge in [-0.1, -0.05) is 0 Å². The van der Waals surface area contributed by atoms with Gasteiger partial charge in [0, 0.05) is 23.6 Å². The minimum absolute atomic E-state index is 0.00317. The fourth-order valence-corrected chi connectivity index (χ4v) is 2.41. The van der Waals surface area contributed by atoms with Crippen molar-refractivity contribution in [1.29, 1.82) is 0 Å². The summed E-state index contributed by atoms with van der Waals surface area (Å²) in [5.41, 5.74) is 0.121. The van der Waals surface area contributed by atoms with E-state index < -0.39 is 16.9 Å². The predicted octanol–water partition coefficient (Wildman–Crippen LogP) is 2.01. The molecule has 4 N–H and O–H groups in total. The standard InChI is InChI=1S/C17H15N3O4/c1-9(12-8-11(21)2-3-13(12)22)19-14-15(17(24)16(14)23)20-10-4-6-18-7-5-10/h2-9,19,21-22H,1H3,(H,18,20). The van der Waals surface area contributed by atoms with Crippen LogP contribution in [0.25, 0.3) is 0 Å². The number of nitrogens with one attached hydrogen (secondary N) is 2. The topological polar surface area (TPSA) is 112 Å². The number of pyridine rings is 1. The molecule has 7 nitrogen and oxygen atoms in total. The van der Waals surface area contributed by atoms with E-state index in [1.165, 1.54) is 18.2 Å². The Kier molecular flexibility index (Phi) is 3.91. The minimum Gasteiger partial charge on any atom is -0.508 e. The van der Waals surface area contributed by atoms with E-state index in [9.17, 15) is 19.8 Å². The maximum Gasteiger partial charge on any atom is 0.253 e. The third-order valence-corrected chi connectivity index (χ3v) is 3.70. The van der Waals surface area contributed by atoms with Crippen LogP contribution < -0.4 is 21.5 Å². The van der Waals surface area contributed by atoms with Crippen LogP contribution >= 0.6 is 0 Å². The second kappa shape index (κ2) is 6.04. The molecule has 0 saturated carbocycles. The smallest absolute Gasteiger partial charge is 0.253 e. The van der Waals surface area contributed by atoms with E-state index in [2.05, 4.69) is 15.6 Å². The first-order valence-electron chi connectivity index (χ1n) is 7.26. The highest BCUT2D eigenvalue weighted by Crippen LogP contribution is 2.31. The summed E-state index contributed by atoms with van der Waals surface area (Å²) >= 11 is 0. The molecule has 122 valence electrons. The van der Waals surface area contributed by atoms with Crippen molar-refractivity contribution in [3.8, 4) is 11.5 Å². The van der Waals surface area contributed by atoms with E-state index >= 15 is 0 Å². The fourth-order valence-electron chi connectivity index (χ4n) is 2.41. The predicted molar refractivity (Wildman–Crippen MR) is 90.7 cm³/mol. The molecule has 0 bridgehead atoms. The van der Waals surface area contributed by atoms with Crippen LogP contribution in [0.15, 0.2) is 52.3 Å². The van der Waals surface area contributed by atoms with Crippen molar-refractivity contribution in [2.24, 2.45) is 0 Å². The lowest BCUT2D eigenvalue weighted by Gasteiger charge is -2.20. The van der Waals surface area contributed by atoms with Crippen LogP contribution in [0.1, 0.15) is 18.5 Å². The highest BCUT2D eigenvalue weighted by Gasteiger charge is 2.23. The highest BCUT2D eigenvalue weighted by molar-refractivity contribution is 5.79. The Morgan fingerprint density at radius 1 is 1.00 bits per heavy atom. The lowest BCUT2D eigenvalue weighted by atomic mass is 10.0. The van der Waals surface area contributed by atoms with Gasteiger partial charge in [-0.05, 0) is 37.3 Å². The summed E-state index contributed by atoms with van der Waals surface area (Å²) in [6, 6.07) is 6.98. The van der Waals surface area contributed by atoms with Gasteiger partial charge >= 0.3 is 0 Å². The number of nitrogens with zero attached hydrogens (tertiary/aromatic N) is 1. The quantitative estimate of drug-likeness (QED) is 0.419. The third-order valence-electron chi connectivity index (χ3n) is 3.70. The fraction of sp³-hybridized carbons (Fsp3) is 0.118. The SMILES string of the molecule is CC(Nc1c(Nc2ccncc2)c(=O)c1=O)c1cc(O)ccc1O. The number of anilines is 3. The summed E-state index contributed by atoms with van der Waals surface area (Å²) in [6.45, 7) is 1.71. The van der Waals surface area contributed by atoms with Gasteiger partial charge in [0.2, 0.25) is 0 Å². The van der Waals surface area contributed by atoms with Crippen molar-refractivity contribution in [3.05, 3.63) is 68.7 Å². The molecular weight excluding hydrogens is 310 g/mol. The molecule has 0 aliphatic heterocycles. The molecule has 0 radical (unpaired) electrons. The summed E-state index contributed by atoms with van der Waals surface area (Å²) in [4.78, 5) is 27.5. The molecule has 1 aromatic heterocycles. The molecule has 3 aromatic rings. The number of aromatic nitrogens is 1. The Morgan fingerprint density at radius 2 is 1.67 bits per heavy atom. The van der Waals surface area contributed by atoms with Crippen LogP contribution in [-0.2, 0) is 0 Å². The molecule has 0 spiro atoms. The van der Waals surface area contributed by atoms with Crippen molar-refractivity contribution in [3.63, 3.8) is 0 Å². The number of benzene rings is 1. The van der Waals surface area contributed by atoms with Gasteiger partial charge in [-0.3, -0.25) is 14.6 Å². The number of hydrogen-bond donors (Lipinski definition) is 4. The molecule has 1 atom stereocenters. The molecule has 1 unspecified atom stereocenters. The van der Waals surface area contributed by atoms with Crippen LogP contribution in [0.5, 0.6) is 11.5 Å². The number of phenols is 2. The molecular formula is C17H15N3O4. The van der Waals surface area contributed by atoms with Gasteiger partial charge in [-0.25, -0.2) is 0 Å². The van der Waals surface area contributed by atoms with Crippen molar-refractivity contribution in [1.82, 2.24) is 4.98 Å². The number of hydrogen-bond acceptors (Lipinski definition) is 7. The monoisotopic (exact) mass is 325 g/mol. The van der Waals surface area contributed by atoms with E-state index in [0.29, 0.717) is 11.3 Å². The highest BCUT2D eigenvalue weighted by atomic mass is 16.3. The molecule has 1 heterocycles. The van der Waals surface area contributed by atoms with E-state index in [0.717, 1.165) is 0 Å². The Morgan fingerprint density at radius 3 is 2.38 bits per heavy atom. The van der Waals surface area contributed by atoms with Gasteiger partial charge in [-0.2, -0.15) is 0 Å². The molecule has 7 heteroatoms. The molecule has 0 aliphatic carbocycles. The largest absolute Gasteiger partial charge is 0.508 e. The van der Waals surface area contributed by atoms with Crippen LogP contribution in [0.3, 0.4) is 0 Å². The van der Waals surface area contributed by atoms with E-state index in [1.54, 1.807) is 31.5 Å². The summed E-state index contributed by atoms with van der Waals surface area (Å²) in [5.74, 6) is -0.0216. The zero-order valence-electron chi connectivity index (χ0n) is 12.8. The first-order valence-corrected chi connectivity index (χ1v) is 7.26.